The predicted molar refractivity (Wildman–Crippen MR) is 95.0 cm³/mol. The monoisotopic (exact) mass is 353 g/mol. The van der Waals surface area contributed by atoms with Crippen molar-refractivity contribution in [3.05, 3.63) is 71.4 Å². The van der Waals surface area contributed by atoms with Crippen molar-refractivity contribution in [1.82, 2.24) is 24.8 Å². The Labute approximate surface area is 147 Å². The third-order valence-corrected chi connectivity index (χ3v) is 4.81. The smallest absolute Gasteiger partial charge is 0.212 e. The molecule has 0 fully saturated rings. The van der Waals surface area contributed by atoms with Crippen molar-refractivity contribution >= 4 is 29.0 Å². The molecule has 0 aliphatic carbocycles. The molecule has 0 aliphatic rings. The summed E-state index contributed by atoms with van der Waals surface area (Å²) in [4.78, 5) is 4.33. The lowest BCUT2D eigenvalue weighted by Crippen LogP contribution is -1.97. The second kappa shape index (κ2) is 6.59. The summed E-state index contributed by atoms with van der Waals surface area (Å²) in [6.45, 7) is 0. The number of thioether (sulfide) groups is 1. The minimum atomic E-state index is 0.704. The van der Waals surface area contributed by atoms with E-state index in [1.54, 1.807) is 22.5 Å². The SMILES string of the molecule is Clc1ccccc1CSc1nnc2ccc(-c3ccccn3)nn12. The third kappa shape index (κ3) is 2.98. The highest BCUT2D eigenvalue weighted by Gasteiger charge is 2.10. The molecule has 0 amide bonds. The first-order valence-electron chi connectivity index (χ1n) is 7.31. The zero-order valence-corrected chi connectivity index (χ0v) is 14.1. The number of fused-ring (bicyclic) bond motifs is 1. The highest BCUT2D eigenvalue weighted by molar-refractivity contribution is 7.98. The highest BCUT2D eigenvalue weighted by atomic mass is 35.5. The topological polar surface area (TPSA) is 56.0 Å². The van der Waals surface area contributed by atoms with E-state index in [-0.39, 0.29) is 0 Å². The molecule has 0 spiro atoms. The van der Waals surface area contributed by atoms with Gasteiger partial charge in [0.05, 0.1) is 5.69 Å². The van der Waals surface area contributed by atoms with Crippen LogP contribution in [0.25, 0.3) is 17.0 Å². The van der Waals surface area contributed by atoms with Gasteiger partial charge in [0.25, 0.3) is 0 Å². The van der Waals surface area contributed by atoms with Crippen molar-refractivity contribution < 1.29 is 0 Å². The van der Waals surface area contributed by atoms with E-state index in [0.717, 1.165) is 27.1 Å². The minimum absolute atomic E-state index is 0.704. The molecule has 4 aromatic rings. The van der Waals surface area contributed by atoms with Gasteiger partial charge in [-0.3, -0.25) is 4.98 Å². The Kier molecular flexibility index (Phi) is 4.15. The molecule has 0 saturated heterocycles. The number of hydrogen-bond donors (Lipinski definition) is 0. The summed E-state index contributed by atoms with van der Waals surface area (Å²) in [6, 6.07) is 17.3. The van der Waals surface area contributed by atoms with Gasteiger partial charge in [0.15, 0.2) is 5.65 Å². The van der Waals surface area contributed by atoms with E-state index in [9.17, 15) is 0 Å². The van der Waals surface area contributed by atoms with E-state index in [1.807, 2.05) is 54.6 Å². The summed E-state index contributed by atoms with van der Waals surface area (Å²) in [5.74, 6) is 0.704. The molecule has 0 aliphatic heterocycles. The molecule has 24 heavy (non-hydrogen) atoms. The molecule has 1 aromatic carbocycles. The lowest BCUT2D eigenvalue weighted by molar-refractivity contribution is 0.811. The van der Waals surface area contributed by atoms with Gasteiger partial charge in [-0.1, -0.05) is 47.6 Å². The number of pyridine rings is 1. The van der Waals surface area contributed by atoms with Gasteiger partial charge >= 0.3 is 0 Å². The van der Waals surface area contributed by atoms with Crippen LogP contribution in [0, 0.1) is 0 Å². The van der Waals surface area contributed by atoms with Crippen molar-refractivity contribution in [3.63, 3.8) is 0 Å². The molecule has 0 radical (unpaired) electrons. The van der Waals surface area contributed by atoms with Crippen LogP contribution in [0.5, 0.6) is 0 Å². The maximum atomic E-state index is 6.21. The summed E-state index contributed by atoms with van der Waals surface area (Å²) >= 11 is 7.76. The highest BCUT2D eigenvalue weighted by Crippen LogP contribution is 2.26. The maximum absolute atomic E-state index is 6.21. The van der Waals surface area contributed by atoms with Crippen LogP contribution in [-0.2, 0) is 5.75 Å². The second-order valence-electron chi connectivity index (χ2n) is 5.07. The van der Waals surface area contributed by atoms with E-state index < -0.39 is 0 Å². The zero-order chi connectivity index (χ0) is 16.4. The number of hydrogen-bond acceptors (Lipinski definition) is 5. The number of aromatic nitrogens is 5. The van der Waals surface area contributed by atoms with E-state index >= 15 is 0 Å². The van der Waals surface area contributed by atoms with Crippen molar-refractivity contribution in [3.8, 4) is 11.4 Å². The molecule has 0 N–H and O–H groups in total. The Balaban J connectivity index is 1.65. The predicted octanol–water partition coefficient (Wildman–Crippen LogP) is 4.13. The molecule has 4 rings (SSSR count). The van der Waals surface area contributed by atoms with Gasteiger partial charge in [-0.05, 0) is 35.9 Å². The van der Waals surface area contributed by atoms with Crippen molar-refractivity contribution in [1.29, 1.82) is 0 Å². The van der Waals surface area contributed by atoms with Crippen LogP contribution in [0.4, 0.5) is 0 Å². The molecule has 3 heterocycles. The fraction of sp³-hybridized carbons (Fsp3) is 0.0588. The number of halogens is 1. The number of nitrogens with zero attached hydrogens (tertiary/aromatic N) is 5. The average Bonchev–Trinajstić information content (AvgIpc) is 3.04. The van der Waals surface area contributed by atoms with Gasteiger partial charge < -0.3 is 0 Å². The molecule has 0 unspecified atom stereocenters. The molecular weight excluding hydrogens is 342 g/mol. The maximum Gasteiger partial charge on any atom is 0.212 e. The van der Waals surface area contributed by atoms with Crippen molar-refractivity contribution in [2.75, 3.05) is 0 Å². The van der Waals surface area contributed by atoms with Gasteiger partial charge in [0.2, 0.25) is 5.16 Å². The molecular formula is C17H12ClN5S. The van der Waals surface area contributed by atoms with Gasteiger partial charge in [0.1, 0.15) is 5.69 Å². The van der Waals surface area contributed by atoms with Crippen LogP contribution in [0.3, 0.4) is 0 Å². The summed E-state index contributed by atoms with van der Waals surface area (Å²) in [7, 11) is 0. The Morgan fingerprint density at radius 3 is 2.62 bits per heavy atom. The third-order valence-electron chi connectivity index (χ3n) is 3.48. The van der Waals surface area contributed by atoms with E-state index in [4.69, 9.17) is 11.6 Å². The largest absolute Gasteiger partial charge is 0.255 e. The van der Waals surface area contributed by atoms with Crippen LogP contribution < -0.4 is 0 Å². The first-order chi connectivity index (χ1) is 11.8. The number of benzene rings is 1. The summed E-state index contributed by atoms with van der Waals surface area (Å²) in [6.07, 6.45) is 1.75. The normalized spacial score (nSPS) is 11.0. The summed E-state index contributed by atoms with van der Waals surface area (Å²) in [5, 5.41) is 14.5. The van der Waals surface area contributed by atoms with Gasteiger partial charge in [-0.25, -0.2) is 0 Å². The van der Waals surface area contributed by atoms with Crippen LogP contribution in [-0.4, -0.2) is 24.8 Å². The molecule has 5 nitrogen and oxygen atoms in total. The molecule has 7 heteroatoms. The van der Waals surface area contributed by atoms with E-state index in [1.165, 1.54) is 0 Å². The minimum Gasteiger partial charge on any atom is -0.255 e. The van der Waals surface area contributed by atoms with Gasteiger partial charge in [-0.15, -0.1) is 10.2 Å². The van der Waals surface area contributed by atoms with E-state index in [0.29, 0.717) is 11.4 Å². The summed E-state index contributed by atoms with van der Waals surface area (Å²) in [5.41, 5.74) is 3.36. The Morgan fingerprint density at radius 1 is 0.917 bits per heavy atom. The second-order valence-corrected chi connectivity index (χ2v) is 6.42. The van der Waals surface area contributed by atoms with Crippen LogP contribution in [0.1, 0.15) is 5.56 Å². The van der Waals surface area contributed by atoms with Gasteiger partial charge in [0, 0.05) is 17.0 Å². The zero-order valence-electron chi connectivity index (χ0n) is 12.5. The summed E-state index contributed by atoms with van der Waals surface area (Å²) < 4.78 is 1.74. The number of rotatable bonds is 4. The average molecular weight is 354 g/mol. The van der Waals surface area contributed by atoms with Crippen LogP contribution >= 0.6 is 23.4 Å². The van der Waals surface area contributed by atoms with Crippen LogP contribution in [0.15, 0.2) is 66.0 Å². The van der Waals surface area contributed by atoms with Crippen LogP contribution in [0.2, 0.25) is 5.02 Å². The fourth-order valence-electron chi connectivity index (χ4n) is 2.27. The van der Waals surface area contributed by atoms with Crippen molar-refractivity contribution in [2.45, 2.75) is 10.9 Å². The van der Waals surface area contributed by atoms with Gasteiger partial charge in [-0.2, -0.15) is 9.61 Å². The Bertz CT molecular complexity index is 987. The first kappa shape index (κ1) is 15.1. The lowest BCUT2D eigenvalue weighted by atomic mass is 10.2. The molecule has 118 valence electrons. The van der Waals surface area contributed by atoms with Crippen molar-refractivity contribution in [2.24, 2.45) is 0 Å². The fourth-order valence-corrected chi connectivity index (χ4v) is 3.44. The quantitative estimate of drug-likeness (QED) is 0.516. The Hall–Kier alpha value is -2.44. The Morgan fingerprint density at radius 2 is 1.79 bits per heavy atom. The molecule has 0 bridgehead atoms. The first-order valence-corrected chi connectivity index (χ1v) is 8.68. The standard InChI is InChI=1S/C17H12ClN5S/c18-13-6-2-1-5-12(13)11-24-17-21-20-16-9-8-15(22-23(16)17)14-7-3-4-10-19-14/h1-10H,11H2. The van der Waals surface area contributed by atoms with E-state index in [2.05, 4.69) is 20.3 Å². The molecule has 0 saturated carbocycles. The molecule has 3 aromatic heterocycles. The molecule has 0 atom stereocenters. The lowest BCUT2D eigenvalue weighted by Gasteiger charge is -2.04.